The molecule has 11 heavy (non-hydrogen) atoms. The molecule has 1 aromatic rings. The highest BCUT2D eigenvalue weighted by Crippen LogP contribution is 2.01. The highest BCUT2D eigenvalue weighted by Gasteiger charge is 1.91. The zero-order valence-electron chi connectivity index (χ0n) is 6.62. The molecule has 0 aliphatic carbocycles. The standard InChI is InChI=1S/C9H12N2/c1-2-9(10)7-8-3-5-11-6-4-8/h2-6H,7,10H2,1H3/b9-2+. The van der Waals surface area contributed by atoms with Crippen LogP contribution >= 0.6 is 0 Å². The summed E-state index contributed by atoms with van der Waals surface area (Å²) in [5, 5.41) is 0. The number of nitrogens with zero attached hydrogens (tertiary/aromatic N) is 1. The molecule has 1 rings (SSSR count). The topological polar surface area (TPSA) is 38.9 Å². The van der Waals surface area contributed by atoms with Gasteiger partial charge in [-0.15, -0.1) is 0 Å². The van der Waals surface area contributed by atoms with E-state index in [1.807, 2.05) is 25.1 Å². The molecule has 0 atom stereocenters. The predicted molar refractivity (Wildman–Crippen MR) is 45.9 cm³/mol. The Hall–Kier alpha value is -1.31. The summed E-state index contributed by atoms with van der Waals surface area (Å²) in [6, 6.07) is 3.94. The summed E-state index contributed by atoms with van der Waals surface area (Å²) < 4.78 is 0. The number of rotatable bonds is 2. The van der Waals surface area contributed by atoms with Crippen LogP contribution in [0.15, 0.2) is 36.3 Å². The van der Waals surface area contributed by atoms with Crippen molar-refractivity contribution in [1.82, 2.24) is 4.98 Å². The van der Waals surface area contributed by atoms with Gasteiger partial charge in [-0.2, -0.15) is 0 Å². The molecule has 0 aromatic carbocycles. The minimum atomic E-state index is 0.818. The van der Waals surface area contributed by atoms with Gasteiger partial charge in [0.05, 0.1) is 0 Å². The molecule has 2 nitrogen and oxygen atoms in total. The molecule has 0 aliphatic heterocycles. The number of allylic oxidation sites excluding steroid dienone is 2. The highest BCUT2D eigenvalue weighted by atomic mass is 14.6. The Labute approximate surface area is 66.8 Å². The fourth-order valence-electron chi connectivity index (χ4n) is 0.838. The lowest BCUT2D eigenvalue weighted by Crippen LogP contribution is -2.00. The molecule has 0 spiro atoms. The van der Waals surface area contributed by atoms with Crippen molar-refractivity contribution in [2.24, 2.45) is 5.73 Å². The maximum atomic E-state index is 5.65. The zero-order valence-corrected chi connectivity index (χ0v) is 6.62. The Morgan fingerprint density at radius 2 is 2.18 bits per heavy atom. The quantitative estimate of drug-likeness (QED) is 0.690. The third-order valence-corrected chi connectivity index (χ3v) is 1.53. The van der Waals surface area contributed by atoms with Gasteiger partial charge < -0.3 is 5.73 Å². The van der Waals surface area contributed by atoms with Crippen LogP contribution in [0.1, 0.15) is 12.5 Å². The van der Waals surface area contributed by atoms with Crippen molar-refractivity contribution < 1.29 is 0 Å². The molecule has 2 N–H and O–H groups in total. The molecule has 0 aliphatic rings. The van der Waals surface area contributed by atoms with E-state index in [4.69, 9.17) is 5.73 Å². The first kappa shape index (κ1) is 7.79. The lowest BCUT2D eigenvalue weighted by Gasteiger charge is -1.98. The van der Waals surface area contributed by atoms with Crippen molar-refractivity contribution in [1.29, 1.82) is 0 Å². The lowest BCUT2D eigenvalue weighted by molar-refractivity contribution is 1.09. The molecule has 0 unspecified atom stereocenters. The van der Waals surface area contributed by atoms with Gasteiger partial charge in [-0.25, -0.2) is 0 Å². The SMILES string of the molecule is C/C=C(/N)Cc1ccncc1. The number of hydrogen-bond acceptors (Lipinski definition) is 2. The lowest BCUT2D eigenvalue weighted by atomic mass is 10.1. The molecule has 0 saturated heterocycles. The summed E-state index contributed by atoms with van der Waals surface area (Å²) in [7, 11) is 0. The van der Waals surface area contributed by atoms with Gasteiger partial charge in [0, 0.05) is 24.5 Å². The molecule has 0 fully saturated rings. The molecular formula is C9H12N2. The van der Waals surface area contributed by atoms with Crippen LogP contribution in [0.25, 0.3) is 0 Å². The van der Waals surface area contributed by atoms with Crippen molar-refractivity contribution in [3.8, 4) is 0 Å². The Balaban J connectivity index is 2.65. The van der Waals surface area contributed by atoms with E-state index in [1.165, 1.54) is 5.56 Å². The van der Waals surface area contributed by atoms with E-state index in [2.05, 4.69) is 4.98 Å². The Bertz CT molecular complexity index is 239. The van der Waals surface area contributed by atoms with Crippen LogP contribution in [-0.4, -0.2) is 4.98 Å². The second-order valence-electron chi connectivity index (χ2n) is 2.40. The van der Waals surface area contributed by atoms with E-state index >= 15 is 0 Å². The summed E-state index contributed by atoms with van der Waals surface area (Å²) in [6.45, 7) is 1.94. The van der Waals surface area contributed by atoms with Gasteiger partial charge in [0.1, 0.15) is 0 Å². The Morgan fingerprint density at radius 1 is 1.55 bits per heavy atom. The van der Waals surface area contributed by atoms with Crippen LogP contribution in [0.4, 0.5) is 0 Å². The summed E-state index contributed by atoms with van der Waals surface area (Å²) in [6.07, 6.45) is 6.29. The number of pyridine rings is 1. The molecule has 58 valence electrons. The normalized spacial score (nSPS) is 11.5. The smallest absolute Gasteiger partial charge is 0.0270 e. The largest absolute Gasteiger partial charge is 0.402 e. The second kappa shape index (κ2) is 3.76. The van der Waals surface area contributed by atoms with E-state index in [9.17, 15) is 0 Å². The van der Waals surface area contributed by atoms with E-state index in [1.54, 1.807) is 12.4 Å². The summed E-state index contributed by atoms with van der Waals surface area (Å²) in [5.41, 5.74) is 7.75. The number of aromatic nitrogens is 1. The van der Waals surface area contributed by atoms with E-state index in [-0.39, 0.29) is 0 Å². The Kier molecular flexibility index (Phi) is 2.66. The number of nitrogens with two attached hydrogens (primary N) is 1. The molecule has 0 amide bonds. The fourth-order valence-corrected chi connectivity index (χ4v) is 0.838. The molecular weight excluding hydrogens is 136 g/mol. The van der Waals surface area contributed by atoms with Crippen LogP contribution in [0, 0.1) is 0 Å². The Morgan fingerprint density at radius 3 is 2.73 bits per heavy atom. The van der Waals surface area contributed by atoms with Crippen molar-refractivity contribution in [2.75, 3.05) is 0 Å². The highest BCUT2D eigenvalue weighted by molar-refractivity contribution is 5.16. The third kappa shape index (κ3) is 2.42. The number of hydrogen-bond donors (Lipinski definition) is 1. The molecule has 2 heteroatoms. The van der Waals surface area contributed by atoms with Crippen LogP contribution in [0.2, 0.25) is 0 Å². The average Bonchev–Trinajstić information content (AvgIpc) is 2.06. The maximum Gasteiger partial charge on any atom is 0.0270 e. The summed E-state index contributed by atoms with van der Waals surface area (Å²) in [4.78, 5) is 3.92. The average molecular weight is 148 g/mol. The molecule has 1 heterocycles. The van der Waals surface area contributed by atoms with E-state index < -0.39 is 0 Å². The first-order valence-corrected chi connectivity index (χ1v) is 3.62. The van der Waals surface area contributed by atoms with Gasteiger partial charge in [0.2, 0.25) is 0 Å². The molecule has 1 aromatic heterocycles. The van der Waals surface area contributed by atoms with Gasteiger partial charge in [-0.3, -0.25) is 4.98 Å². The minimum Gasteiger partial charge on any atom is -0.402 e. The van der Waals surface area contributed by atoms with Crippen molar-refractivity contribution >= 4 is 0 Å². The fraction of sp³-hybridized carbons (Fsp3) is 0.222. The predicted octanol–water partition coefficient (Wildman–Crippen LogP) is 1.49. The monoisotopic (exact) mass is 148 g/mol. The minimum absolute atomic E-state index is 0.818. The molecule has 0 saturated carbocycles. The van der Waals surface area contributed by atoms with Gasteiger partial charge in [-0.1, -0.05) is 6.08 Å². The van der Waals surface area contributed by atoms with Gasteiger partial charge in [-0.05, 0) is 24.6 Å². The van der Waals surface area contributed by atoms with Crippen LogP contribution in [0.3, 0.4) is 0 Å². The van der Waals surface area contributed by atoms with Crippen LogP contribution in [0.5, 0.6) is 0 Å². The second-order valence-corrected chi connectivity index (χ2v) is 2.40. The van der Waals surface area contributed by atoms with Gasteiger partial charge in [0.15, 0.2) is 0 Å². The zero-order chi connectivity index (χ0) is 8.10. The molecule has 0 radical (unpaired) electrons. The van der Waals surface area contributed by atoms with E-state index in [0.29, 0.717) is 0 Å². The van der Waals surface area contributed by atoms with Gasteiger partial charge in [0.25, 0.3) is 0 Å². The maximum absolute atomic E-state index is 5.65. The van der Waals surface area contributed by atoms with Crippen LogP contribution in [-0.2, 0) is 6.42 Å². The molecule has 0 bridgehead atoms. The first-order valence-electron chi connectivity index (χ1n) is 3.62. The first-order chi connectivity index (χ1) is 5.33. The van der Waals surface area contributed by atoms with Crippen LogP contribution < -0.4 is 5.73 Å². The van der Waals surface area contributed by atoms with Crippen molar-refractivity contribution in [2.45, 2.75) is 13.3 Å². The van der Waals surface area contributed by atoms with Gasteiger partial charge >= 0.3 is 0 Å². The van der Waals surface area contributed by atoms with E-state index in [0.717, 1.165) is 12.1 Å². The van der Waals surface area contributed by atoms with Crippen molar-refractivity contribution in [3.63, 3.8) is 0 Å². The van der Waals surface area contributed by atoms with Crippen molar-refractivity contribution in [3.05, 3.63) is 41.9 Å². The summed E-state index contributed by atoms with van der Waals surface area (Å²) >= 11 is 0. The third-order valence-electron chi connectivity index (χ3n) is 1.53. The summed E-state index contributed by atoms with van der Waals surface area (Å²) in [5.74, 6) is 0.